The second-order valence-corrected chi connectivity index (χ2v) is 8.17. The van der Waals surface area contributed by atoms with Gasteiger partial charge in [-0.2, -0.15) is 0 Å². The summed E-state index contributed by atoms with van der Waals surface area (Å²) in [4.78, 5) is 23.9. The Bertz CT molecular complexity index is 822. The molecule has 2 aliphatic heterocycles. The molecule has 0 radical (unpaired) electrons. The summed E-state index contributed by atoms with van der Waals surface area (Å²) in [5, 5.41) is 3.27. The molecular weight excluding hydrogens is 380 g/mol. The number of nitrogens with one attached hydrogen (secondary N) is 1. The first-order chi connectivity index (χ1) is 14.7. The highest BCUT2D eigenvalue weighted by Crippen LogP contribution is 2.35. The maximum Gasteiger partial charge on any atom is 0.225 e. The normalized spacial score (nSPS) is 21.1. The number of nitrogens with zero attached hydrogens (tertiary/aromatic N) is 3. The number of hydrogen-bond acceptors (Lipinski definition) is 6. The molecule has 0 aliphatic carbocycles. The smallest absolute Gasteiger partial charge is 0.225 e. The number of aromatic nitrogens is 2. The second-order valence-electron chi connectivity index (χ2n) is 8.17. The highest BCUT2D eigenvalue weighted by Gasteiger charge is 2.36. The summed E-state index contributed by atoms with van der Waals surface area (Å²) in [6, 6.07) is 10.0. The maximum absolute atomic E-state index is 13.1. The van der Waals surface area contributed by atoms with Crippen molar-refractivity contribution < 1.29 is 14.3 Å². The molecule has 1 amide bonds. The lowest BCUT2D eigenvalue weighted by Crippen LogP contribution is -2.49. The zero-order valence-electron chi connectivity index (χ0n) is 17.5. The fraction of sp³-hybridized carbons (Fsp3) is 0.522. The number of anilines is 1. The van der Waals surface area contributed by atoms with Crippen molar-refractivity contribution >= 4 is 11.9 Å². The van der Waals surface area contributed by atoms with Crippen LogP contribution in [0.3, 0.4) is 0 Å². The number of carbonyl (C=O) groups is 1. The van der Waals surface area contributed by atoms with Gasteiger partial charge in [-0.3, -0.25) is 4.79 Å². The highest BCUT2D eigenvalue weighted by atomic mass is 16.5. The van der Waals surface area contributed by atoms with Gasteiger partial charge in [0, 0.05) is 50.7 Å². The zero-order valence-corrected chi connectivity index (χ0v) is 17.5. The second kappa shape index (κ2) is 9.43. The highest BCUT2D eigenvalue weighted by molar-refractivity contribution is 5.79. The van der Waals surface area contributed by atoms with Crippen molar-refractivity contribution in [3.63, 3.8) is 0 Å². The summed E-state index contributed by atoms with van der Waals surface area (Å²) in [7, 11) is 1.67. The molecule has 160 valence electrons. The van der Waals surface area contributed by atoms with Gasteiger partial charge < -0.3 is 19.7 Å². The minimum absolute atomic E-state index is 0.0460. The molecule has 1 atom stereocenters. The van der Waals surface area contributed by atoms with Crippen LogP contribution in [0.4, 0.5) is 5.95 Å². The third-order valence-corrected chi connectivity index (χ3v) is 6.38. The molecule has 2 aromatic rings. The molecule has 2 aliphatic rings. The van der Waals surface area contributed by atoms with E-state index < -0.39 is 0 Å². The zero-order chi connectivity index (χ0) is 20.8. The molecule has 2 saturated heterocycles. The van der Waals surface area contributed by atoms with Gasteiger partial charge in [0.05, 0.1) is 13.0 Å². The van der Waals surface area contributed by atoms with Gasteiger partial charge >= 0.3 is 0 Å². The van der Waals surface area contributed by atoms with Gasteiger partial charge in [-0.25, -0.2) is 9.97 Å². The summed E-state index contributed by atoms with van der Waals surface area (Å²) in [5.74, 6) is 1.62. The van der Waals surface area contributed by atoms with Crippen LogP contribution in [0.5, 0.6) is 5.75 Å². The van der Waals surface area contributed by atoms with E-state index in [1.165, 1.54) is 5.56 Å². The summed E-state index contributed by atoms with van der Waals surface area (Å²) >= 11 is 0. The van der Waals surface area contributed by atoms with Crippen LogP contribution in [0.25, 0.3) is 0 Å². The van der Waals surface area contributed by atoms with Crippen LogP contribution in [0, 0.1) is 5.92 Å². The number of rotatable bonds is 6. The standard InChI is InChI=1S/C23H30N4O3/c1-29-20-7-5-19(6-8-20)23(9-14-30-15-10-23)17-26-21(28)18-4-2-13-27(16-18)22-24-11-3-12-25-22/h3,5-8,11-12,18H,2,4,9-10,13-17H2,1H3,(H,26,28)/t18-/m1/s1. The molecule has 7 heteroatoms. The van der Waals surface area contributed by atoms with E-state index in [0.717, 1.165) is 38.0 Å². The van der Waals surface area contributed by atoms with Crippen molar-refractivity contribution in [1.82, 2.24) is 15.3 Å². The van der Waals surface area contributed by atoms with Crippen molar-refractivity contribution in [2.75, 3.05) is 44.9 Å². The molecule has 0 saturated carbocycles. The fourth-order valence-corrected chi connectivity index (χ4v) is 4.50. The van der Waals surface area contributed by atoms with Crippen LogP contribution in [0.15, 0.2) is 42.7 Å². The van der Waals surface area contributed by atoms with Crippen molar-refractivity contribution in [1.29, 1.82) is 0 Å². The van der Waals surface area contributed by atoms with Crippen LogP contribution in [-0.4, -0.2) is 55.8 Å². The molecule has 0 spiro atoms. The average molecular weight is 411 g/mol. The van der Waals surface area contributed by atoms with Crippen LogP contribution < -0.4 is 15.0 Å². The predicted octanol–water partition coefficient (Wildman–Crippen LogP) is 2.57. The Hall–Kier alpha value is -2.67. The Morgan fingerprint density at radius 1 is 1.23 bits per heavy atom. The van der Waals surface area contributed by atoms with E-state index in [1.54, 1.807) is 19.5 Å². The van der Waals surface area contributed by atoms with Crippen LogP contribution in [0.1, 0.15) is 31.2 Å². The van der Waals surface area contributed by atoms with E-state index in [9.17, 15) is 4.79 Å². The molecule has 30 heavy (non-hydrogen) atoms. The summed E-state index contributed by atoms with van der Waals surface area (Å²) in [5.41, 5.74) is 1.13. The van der Waals surface area contributed by atoms with Crippen molar-refractivity contribution in [2.24, 2.45) is 5.92 Å². The lowest BCUT2D eigenvalue weighted by atomic mass is 9.74. The van der Waals surface area contributed by atoms with Gasteiger partial charge in [-0.1, -0.05) is 12.1 Å². The van der Waals surface area contributed by atoms with E-state index in [2.05, 4.69) is 32.3 Å². The van der Waals surface area contributed by atoms with Gasteiger partial charge in [-0.05, 0) is 49.4 Å². The summed E-state index contributed by atoms with van der Waals surface area (Å²) in [6.45, 7) is 3.60. The van der Waals surface area contributed by atoms with Gasteiger partial charge in [0.15, 0.2) is 0 Å². The number of piperidine rings is 1. The lowest BCUT2D eigenvalue weighted by Gasteiger charge is -2.39. The largest absolute Gasteiger partial charge is 0.497 e. The molecule has 1 aromatic carbocycles. The third-order valence-electron chi connectivity index (χ3n) is 6.38. The van der Waals surface area contributed by atoms with E-state index in [1.807, 2.05) is 18.2 Å². The van der Waals surface area contributed by atoms with E-state index in [0.29, 0.717) is 32.3 Å². The Kier molecular flexibility index (Phi) is 6.47. The van der Waals surface area contributed by atoms with Gasteiger partial charge in [0.25, 0.3) is 0 Å². The van der Waals surface area contributed by atoms with Crippen LogP contribution in [0.2, 0.25) is 0 Å². The number of hydrogen-bond donors (Lipinski definition) is 1. The Labute approximate surface area is 177 Å². The quantitative estimate of drug-likeness (QED) is 0.789. The minimum Gasteiger partial charge on any atom is -0.497 e. The van der Waals surface area contributed by atoms with Gasteiger partial charge in [0.2, 0.25) is 11.9 Å². The summed E-state index contributed by atoms with van der Waals surface area (Å²) in [6.07, 6.45) is 7.15. The van der Waals surface area contributed by atoms with E-state index >= 15 is 0 Å². The van der Waals surface area contributed by atoms with Crippen LogP contribution >= 0.6 is 0 Å². The number of amides is 1. The number of benzene rings is 1. The Morgan fingerprint density at radius 3 is 2.67 bits per heavy atom. The average Bonchev–Trinajstić information content (AvgIpc) is 2.84. The predicted molar refractivity (Wildman–Crippen MR) is 115 cm³/mol. The topological polar surface area (TPSA) is 76.6 Å². The Morgan fingerprint density at radius 2 is 1.97 bits per heavy atom. The van der Waals surface area contributed by atoms with E-state index in [-0.39, 0.29) is 17.2 Å². The van der Waals surface area contributed by atoms with Gasteiger partial charge in [0.1, 0.15) is 5.75 Å². The number of carbonyl (C=O) groups excluding carboxylic acids is 1. The SMILES string of the molecule is COc1ccc(C2(CNC(=O)[C@@H]3CCCN(c4ncccn4)C3)CCOCC2)cc1. The first kappa shape index (κ1) is 20.6. The van der Waals surface area contributed by atoms with Crippen LogP contribution in [-0.2, 0) is 14.9 Å². The molecule has 2 fully saturated rings. The molecule has 0 unspecified atom stereocenters. The molecule has 4 rings (SSSR count). The molecule has 7 nitrogen and oxygen atoms in total. The minimum atomic E-state index is -0.100. The molecule has 1 aromatic heterocycles. The fourth-order valence-electron chi connectivity index (χ4n) is 4.50. The lowest BCUT2D eigenvalue weighted by molar-refractivity contribution is -0.125. The Balaban J connectivity index is 1.42. The molecule has 0 bridgehead atoms. The third kappa shape index (κ3) is 4.56. The first-order valence-electron chi connectivity index (χ1n) is 10.7. The summed E-state index contributed by atoms with van der Waals surface area (Å²) < 4.78 is 10.9. The van der Waals surface area contributed by atoms with Crippen molar-refractivity contribution in [2.45, 2.75) is 31.1 Å². The van der Waals surface area contributed by atoms with Crippen molar-refractivity contribution in [3.05, 3.63) is 48.3 Å². The van der Waals surface area contributed by atoms with Gasteiger partial charge in [-0.15, -0.1) is 0 Å². The molecular formula is C23H30N4O3. The number of methoxy groups -OCH3 is 1. The maximum atomic E-state index is 13.1. The molecule has 3 heterocycles. The molecule has 1 N–H and O–H groups in total. The van der Waals surface area contributed by atoms with Crippen molar-refractivity contribution in [3.8, 4) is 5.75 Å². The first-order valence-corrected chi connectivity index (χ1v) is 10.7. The monoisotopic (exact) mass is 410 g/mol. The number of ether oxygens (including phenoxy) is 2. The van der Waals surface area contributed by atoms with E-state index in [4.69, 9.17) is 9.47 Å².